The summed E-state index contributed by atoms with van der Waals surface area (Å²) < 4.78 is 0. The number of fused-ring (bicyclic) bond motifs is 1. The highest BCUT2D eigenvalue weighted by molar-refractivity contribution is 5.68. The van der Waals surface area contributed by atoms with E-state index in [1.165, 1.54) is 18.4 Å². The third kappa shape index (κ3) is 1.70. The Labute approximate surface area is 87.3 Å². The van der Waals surface area contributed by atoms with Crippen LogP contribution in [0.2, 0.25) is 0 Å². The summed E-state index contributed by atoms with van der Waals surface area (Å²) in [6, 6.07) is 2.67. The molecule has 15 heavy (non-hydrogen) atoms. The molecule has 5 nitrogen and oxygen atoms in total. The Bertz CT molecular complexity index is 458. The molecule has 0 aliphatic carbocycles. The molecule has 2 aromatic rings. The predicted molar refractivity (Wildman–Crippen MR) is 56.4 cm³/mol. The lowest BCUT2D eigenvalue weighted by atomic mass is 10.1. The van der Waals surface area contributed by atoms with E-state index in [0.717, 1.165) is 18.5 Å². The average molecular weight is 203 g/mol. The molecule has 3 rings (SSSR count). The van der Waals surface area contributed by atoms with Crippen LogP contribution in [0, 0.1) is 0 Å². The minimum absolute atomic E-state index is 0.608. The highest BCUT2D eigenvalue weighted by Gasteiger charge is 2.14. The second kappa shape index (κ2) is 3.58. The molecule has 0 aromatic carbocycles. The molecule has 0 amide bonds. The summed E-state index contributed by atoms with van der Waals surface area (Å²) in [5.74, 6) is 0. The van der Waals surface area contributed by atoms with Gasteiger partial charge in [-0.3, -0.25) is 0 Å². The van der Waals surface area contributed by atoms with Crippen molar-refractivity contribution in [3.63, 3.8) is 0 Å². The Morgan fingerprint density at radius 2 is 2.40 bits per heavy atom. The fourth-order valence-corrected chi connectivity index (χ4v) is 2.11. The highest BCUT2D eigenvalue weighted by Crippen LogP contribution is 2.13. The van der Waals surface area contributed by atoms with E-state index in [4.69, 9.17) is 0 Å². The minimum atomic E-state index is 0.608. The van der Waals surface area contributed by atoms with Crippen molar-refractivity contribution in [2.75, 3.05) is 6.54 Å². The van der Waals surface area contributed by atoms with Crippen molar-refractivity contribution in [1.82, 2.24) is 25.7 Å². The number of hydrogen-bond donors (Lipinski definition) is 2. The molecular weight excluding hydrogens is 190 g/mol. The van der Waals surface area contributed by atoms with Gasteiger partial charge < -0.3 is 5.32 Å². The number of aromatic amines is 1. The zero-order valence-corrected chi connectivity index (χ0v) is 8.40. The maximum Gasteiger partial charge on any atom is 0.201 e. The van der Waals surface area contributed by atoms with Crippen LogP contribution in [0.3, 0.4) is 0 Å². The van der Waals surface area contributed by atoms with Crippen molar-refractivity contribution in [2.24, 2.45) is 0 Å². The van der Waals surface area contributed by atoms with E-state index in [9.17, 15) is 0 Å². The standard InChI is InChI=1S/C10H13N5/c1-2-8(11-3-1)4-7-5-9-10(12-6-7)14-15-13-9/h5-6,8,11H,1-4H2,(H,12,13,14,15). The van der Waals surface area contributed by atoms with E-state index >= 15 is 0 Å². The van der Waals surface area contributed by atoms with Gasteiger partial charge in [0.2, 0.25) is 5.65 Å². The second-order valence-corrected chi connectivity index (χ2v) is 4.01. The third-order valence-electron chi connectivity index (χ3n) is 2.87. The van der Waals surface area contributed by atoms with Crippen LogP contribution in [0.25, 0.3) is 11.2 Å². The van der Waals surface area contributed by atoms with Gasteiger partial charge >= 0.3 is 0 Å². The van der Waals surface area contributed by atoms with Gasteiger partial charge in [0.15, 0.2) is 0 Å². The first kappa shape index (κ1) is 8.79. The van der Waals surface area contributed by atoms with Crippen molar-refractivity contribution < 1.29 is 0 Å². The fourth-order valence-electron chi connectivity index (χ4n) is 2.11. The number of nitrogens with zero attached hydrogens (tertiary/aromatic N) is 3. The maximum atomic E-state index is 4.25. The number of rotatable bonds is 2. The Morgan fingerprint density at radius 3 is 3.27 bits per heavy atom. The van der Waals surface area contributed by atoms with Crippen LogP contribution in [0.1, 0.15) is 18.4 Å². The van der Waals surface area contributed by atoms with Crippen LogP contribution in [-0.2, 0) is 6.42 Å². The van der Waals surface area contributed by atoms with E-state index in [1.807, 2.05) is 6.20 Å². The molecule has 78 valence electrons. The SMILES string of the molecule is c1nc2n[nH]nc2cc1CC1CCCN1. The smallest absolute Gasteiger partial charge is 0.201 e. The van der Waals surface area contributed by atoms with Crippen LogP contribution in [0.4, 0.5) is 0 Å². The number of pyridine rings is 1. The van der Waals surface area contributed by atoms with E-state index in [-0.39, 0.29) is 0 Å². The van der Waals surface area contributed by atoms with E-state index in [2.05, 4.69) is 31.8 Å². The number of hydrogen-bond acceptors (Lipinski definition) is 4. The van der Waals surface area contributed by atoms with Gasteiger partial charge in [-0.1, -0.05) is 0 Å². The van der Waals surface area contributed by atoms with Crippen molar-refractivity contribution in [2.45, 2.75) is 25.3 Å². The lowest BCUT2D eigenvalue weighted by Crippen LogP contribution is -2.23. The Balaban J connectivity index is 1.84. The summed E-state index contributed by atoms with van der Waals surface area (Å²) in [5.41, 5.74) is 2.78. The topological polar surface area (TPSA) is 66.5 Å². The summed E-state index contributed by atoms with van der Waals surface area (Å²) in [7, 11) is 0. The van der Waals surface area contributed by atoms with Crippen molar-refractivity contribution in [3.8, 4) is 0 Å². The number of nitrogens with one attached hydrogen (secondary N) is 2. The lowest BCUT2D eigenvalue weighted by Gasteiger charge is -2.08. The zero-order valence-electron chi connectivity index (χ0n) is 8.40. The van der Waals surface area contributed by atoms with E-state index in [0.29, 0.717) is 11.7 Å². The Hall–Kier alpha value is -1.49. The molecule has 1 unspecified atom stereocenters. The molecule has 1 aliphatic heterocycles. The van der Waals surface area contributed by atoms with Gasteiger partial charge in [-0.05, 0) is 37.4 Å². The predicted octanol–water partition coefficient (Wildman–Crippen LogP) is 0.647. The van der Waals surface area contributed by atoms with Crippen LogP contribution < -0.4 is 5.32 Å². The summed E-state index contributed by atoms with van der Waals surface area (Å²) in [6.07, 6.45) is 5.47. The number of H-pyrrole nitrogens is 1. The molecule has 5 heteroatoms. The van der Waals surface area contributed by atoms with Crippen LogP contribution in [0.5, 0.6) is 0 Å². The highest BCUT2D eigenvalue weighted by atomic mass is 15.3. The fraction of sp³-hybridized carbons (Fsp3) is 0.500. The first-order valence-electron chi connectivity index (χ1n) is 5.30. The van der Waals surface area contributed by atoms with Gasteiger partial charge in [-0.25, -0.2) is 4.98 Å². The second-order valence-electron chi connectivity index (χ2n) is 4.01. The molecule has 1 atom stereocenters. The summed E-state index contributed by atoms with van der Waals surface area (Å²) in [6.45, 7) is 1.14. The monoisotopic (exact) mass is 203 g/mol. The Kier molecular flexibility index (Phi) is 2.10. The average Bonchev–Trinajstić information content (AvgIpc) is 2.87. The quantitative estimate of drug-likeness (QED) is 0.752. The molecule has 1 saturated heterocycles. The van der Waals surface area contributed by atoms with Gasteiger partial charge in [0, 0.05) is 12.2 Å². The molecular formula is C10H13N5. The molecule has 0 saturated carbocycles. The molecule has 2 N–H and O–H groups in total. The van der Waals surface area contributed by atoms with Crippen LogP contribution in [-0.4, -0.2) is 33.0 Å². The molecule has 1 aliphatic rings. The summed E-state index contributed by atoms with van der Waals surface area (Å²) in [5, 5.41) is 14.0. The molecule has 2 aromatic heterocycles. The van der Waals surface area contributed by atoms with Crippen molar-refractivity contribution in [3.05, 3.63) is 17.8 Å². The first-order valence-corrected chi connectivity index (χ1v) is 5.30. The van der Waals surface area contributed by atoms with Crippen molar-refractivity contribution in [1.29, 1.82) is 0 Å². The Morgan fingerprint density at radius 1 is 1.40 bits per heavy atom. The van der Waals surface area contributed by atoms with Gasteiger partial charge in [-0.15, -0.1) is 5.10 Å². The maximum absolute atomic E-state index is 4.25. The van der Waals surface area contributed by atoms with E-state index < -0.39 is 0 Å². The first-order chi connectivity index (χ1) is 7.42. The van der Waals surface area contributed by atoms with E-state index in [1.54, 1.807) is 0 Å². The van der Waals surface area contributed by atoms with Gasteiger partial charge in [-0.2, -0.15) is 10.3 Å². The molecule has 1 fully saturated rings. The van der Waals surface area contributed by atoms with Gasteiger partial charge in [0.1, 0.15) is 5.52 Å². The largest absolute Gasteiger partial charge is 0.314 e. The lowest BCUT2D eigenvalue weighted by molar-refractivity contribution is 0.602. The third-order valence-corrected chi connectivity index (χ3v) is 2.87. The number of aromatic nitrogens is 4. The van der Waals surface area contributed by atoms with Crippen molar-refractivity contribution >= 4 is 11.2 Å². The molecule has 0 radical (unpaired) electrons. The molecule has 3 heterocycles. The normalized spacial score (nSPS) is 21.2. The summed E-state index contributed by atoms with van der Waals surface area (Å²) >= 11 is 0. The van der Waals surface area contributed by atoms with Gasteiger partial charge in [0.05, 0.1) is 0 Å². The summed E-state index contributed by atoms with van der Waals surface area (Å²) in [4.78, 5) is 4.25. The molecule has 0 spiro atoms. The minimum Gasteiger partial charge on any atom is -0.314 e. The van der Waals surface area contributed by atoms with Gasteiger partial charge in [0.25, 0.3) is 0 Å². The zero-order chi connectivity index (χ0) is 10.1. The molecule has 0 bridgehead atoms. The van der Waals surface area contributed by atoms with Crippen LogP contribution >= 0.6 is 0 Å². The van der Waals surface area contributed by atoms with Crippen LogP contribution in [0.15, 0.2) is 12.3 Å².